The van der Waals surface area contributed by atoms with Crippen LogP contribution >= 0.6 is 0 Å². The van der Waals surface area contributed by atoms with Crippen molar-refractivity contribution < 1.29 is 14.3 Å². The lowest BCUT2D eigenvalue weighted by Gasteiger charge is -2.21. The molecule has 0 radical (unpaired) electrons. The molecule has 0 N–H and O–H groups in total. The average molecular weight is 214 g/mol. The van der Waals surface area contributed by atoms with Gasteiger partial charge in [0, 0.05) is 19.8 Å². The number of carbonyl (C=O) groups is 2. The first-order valence-electron chi connectivity index (χ1n) is 5.70. The molecule has 0 aromatic rings. The summed E-state index contributed by atoms with van der Waals surface area (Å²) in [6, 6.07) is 0. The van der Waals surface area contributed by atoms with Gasteiger partial charge in [-0.25, -0.2) is 0 Å². The van der Waals surface area contributed by atoms with Crippen LogP contribution in [0.1, 0.15) is 53.4 Å². The van der Waals surface area contributed by atoms with E-state index in [9.17, 15) is 9.59 Å². The standard InChI is InChI=1S/C12H22O3/c1-5-11(7-8-12(14)6-2)9(3)15-10(4)13/h9,11H,5-8H2,1-4H3. The maximum Gasteiger partial charge on any atom is 0.302 e. The molecule has 88 valence electrons. The zero-order chi connectivity index (χ0) is 11.8. The minimum Gasteiger partial charge on any atom is -0.463 e. The highest BCUT2D eigenvalue weighted by atomic mass is 16.5. The highest BCUT2D eigenvalue weighted by Gasteiger charge is 2.18. The predicted molar refractivity (Wildman–Crippen MR) is 59.5 cm³/mol. The van der Waals surface area contributed by atoms with Crippen LogP contribution in [0.3, 0.4) is 0 Å². The predicted octanol–water partition coefficient (Wildman–Crippen LogP) is 2.72. The van der Waals surface area contributed by atoms with E-state index in [1.54, 1.807) is 0 Å². The summed E-state index contributed by atoms with van der Waals surface area (Å²) in [6.45, 7) is 7.24. The number of carbonyl (C=O) groups excluding carboxylic acids is 2. The SMILES string of the molecule is CCC(=O)CCC(CC)C(C)OC(C)=O. The van der Waals surface area contributed by atoms with Crippen molar-refractivity contribution in [1.29, 1.82) is 0 Å². The Bertz CT molecular complexity index is 211. The zero-order valence-electron chi connectivity index (χ0n) is 10.2. The summed E-state index contributed by atoms with van der Waals surface area (Å²) in [6.07, 6.45) is 2.86. The van der Waals surface area contributed by atoms with Gasteiger partial charge in [0.15, 0.2) is 0 Å². The van der Waals surface area contributed by atoms with Crippen molar-refractivity contribution in [3.63, 3.8) is 0 Å². The molecule has 0 aromatic heterocycles. The third-order valence-corrected chi connectivity index (χ3v) is 2.73. The molecule has 0 bridgehead atoms. The van der Waals surface area contributed by atoms with Gasteiger partial charge in [0.1, 0.15) is 11.9 Å². The fourth-order valence-electron chi connectivity index (χ4n) is 1.65. The molecule has 2 unspecified atom stereocenters. The van der Waals surface area contributed by atoms with Crippen LogP contribution in [-0.4, -0.2) is 17.9 Å². The lowest BCUT2D eigenvalue weighted by molar-refractivity contribution is -0.148. The van der Waals surface area contributed by atoms with E-state index >= 15 is 0 Å². The largest absolute Gasteiger partial charge is 0.463 e. The molecule has 0 saturated heterocycles. The van der Waals surface area contributed by atoms with Crippen LogP contribution in [0, 0.1) is 5.92 Å². The van der Waals surface area contributed by atoms with Crippen molar-refractivity contribution in [1.82, 2.24) is 0 Å². The minimum atomic E-state index is -0.247. The molecule has 0 heterocycles. The number of ether oxygens (including phenoxy) is 1. The van der Waals surface area contributed by atoms with Crippen molar-refractivity contribution in [2.75, 3.05) is 0 Å². The number of esters is 1. The third-order valence-electron chi connectivity index (χ3n) is 2.73. The molecule has 0 fully saturated rings. The summed E-state index contributed by atoms with van der Waals surface area (Å²) in [4.78, 5) is 21.9. The maximum absolute atomic E-state index is 11.2. The van der Waals surface area contributed by atoms with E-state index in [1.165, 1.54) is 6.92 Å². The Morgan fingerprint density at radius 2 is 1.87 bits per heavy atom. The lowest BCUT2D eigenvalue weighted by atomic mass is 9.93. The Morgan fingerprint density at radius 3 is 2.27 bits per heavy atom. The van der Waals surface area contributed by atoms with Gasteiger partial charge in [-0.1, -0.05) is 13.8 Å². The normalized spacial score (nSPS) is 14.4. The van der Waals surface area contributed by atoms with Crippen LogP contribution < -0.4 is 0 Å². The van der Waals surface area contributed by atoms with E-state index in [0.717, 1.165) is 12.8 Å². The minimum absolute atomic E-state index is 0.0860. The molecular formula is C12H22O3. The number of hydrogen-bond donors (Lipinski definition) is 0. The average Bonchev–Trinajstić information content (AvgIpc) is 2.17. The Morgan fingerprint density at radius 1 is 1.27 bits per heavy atom. The van der Waals surface area contributed by atoms with Gasteiger partial charge in [-0.2, -0.15) is 0 Å². The number of ketones is 1. The highest BCUT2D eigenvalue weighted by Crippen LogP contribution is 2.18. The van der Waals surface area contributed by atoms with Gasteiger partial charge in [0.25, 0.3) is 0 Å². The molecule has 0 amide bonds. The van der Waals surface area contributed by atoms with Crippen molar-refractivity contribution >= 4 is 11.8 Å². The van der Waals surface area contributed by atoms with Crippen LogP contribution in [0.25, 0.3) is 0 Å². The summed E-state index contributed by atoms with van der Waals surface area (Å²) in [5.74, 6) is 0.329. The Balaban J connectivity index is 4.00. The van der Waals surface area contributed by atoms with Gasteiger partial charge in [-0.05, 0) is 25.7 Å². The first-order chi connectivity index (χ1) is 7.01. The molecule has 0 spiro atoms. The van der Waals surface area contributed by atoms with Gasteiger partial charge in [0.2, 0.25) is 0 Å². The van der Waals surface area contributed by atoms with Gasteiger partial charge in [-0.15, -0.1) is 0 Å². The molecule has 0 aromatic carbocycles. The number of rotatable bonds is 7. The first-order valence-corrected chi connectivity index (χ1v) is 5.70. The van der Waals surface area contributed by atoms with Gasteiger partial charge in [0.05, 0.1) is 0 Å². The zero-order valence-corrected chi connectivity index (χ0v) is 10.2. The second-order valence-corrected chi connectivity index (χ2v) is 3.91. The fraction of sp³-hybridized carbons (Fsp3) is 0.833. The Kier molecular flexibility index (Phi) is 7.01. The molecule has 0 rings (SSSR count). The van der Waals surface area contributed by atoms with Crippen LogP contribution in [0.5, 0.6) is 0 Å². The molecule has 0 aliphatic heterocycles. The van der Waals surface area contributed by atoms with Gasteiger partial charge < -0.3 is 4.74 Å². The van der Waals surface area contributed by atoms with E-state index < -0.39 is 0 Å². The number of hydrogen-bond acceptors (Lipinski definition) is 3. The van der Waals surface area contributed by atoms with Crippen LogP contribution in [0.4, 0.5) is 0 Å². The molecule has 2 atom stereocenters. The quantitative estimate of drug-likeness (QED) is 0.612. The Labute approximate surface area is 92.2 Å². The molecular weight excluding hydrogens is 192 g/mol. The molecule has 3 nitrogen and oxygen atoms in total. The van der Waals surface area contributed by atoms with Crippen molar-refractivity contribution in [3.8, 4) is 0 Å². The second kappa shape index (κ2) is 7.43. The maximum atomic E-state index is 11.2. The van der Waals surface area contributed by atoms with E-state index in [0.29, 0.717) is 18.8 Å². The summed E-state index contributed by atoms with van der Waals surface area (Å²) in [5, 5.41) is 0. The highest BCUT2D eigenvalue weighted by molar-refractivity contribution is 5.77. The van der Waals surface area contributed by atoms with Crippen molar-refractivity contribution in [2.45, 2.75) is 59.5 Å². The van der Waals surface area contributed by atoms with Gasteiger partial charge >= 0.3 is 5.97 Å². The lowest BCUT2D eigenvalue weighted by Crippen LogP contribution is -2.23. The molecule has 3 heteroatoms. The summed E-state index contributed by atoms with van der Waals surface area (Å²) >= 11 is 0. The summed E-state index contributed by atoms with van der Waals surface area (Å²) in [5.41, 5.74) is 0. The van der Waals surface area contributed by atoms with Crippen LogP contribution in [-0.2, 0) is 14.3 Å². The van der Waals surface area contributed by atoms with E-state index in [1.807, 2.05) is 13.8 Å². The Hall–Kier alpha value is -0.860. The van der Waals surface area contributed by atoms with E-state index in [2.05, 4.69) is 6.92 Å². The number of Topliss-reactive ketones (excluding diaryl/α,β-unsaturated/α-hetero) is 1. The summed E-state index contributed by atoms with van der Waals surface area (Å²) < 4.78 is 5.12. The third kappa shape index (κ3) is 6.26. The van der Waals surface area contributed by atoms with E-state index in [-0.39, 0.29) is 17.9 Å². The van der Waals surface area contributed by atoms with Crippen LogP contribution in [0.2, 0.25) is 0 Å². The van der Waals surface area contributed by atoms with E-state index in [4.69, 9.17) is 4.74 Å². The topological polar surface area (TPSA) is 43.4 Å². The second-order valence-electron chi connectivity index (χ2n) is 3.91. The first kappa shape index (κ1) is 14.1. The molecule has 0 saturated carbocycles. The fourth-order valence-corrected chi connectivity index (χ4v) is 1.65. The monoisotopic (exact) mass is 214 g/mol. The molecule has 15 heavy (non-hydrogen) atoms. The van der Waals surface area contributed by atoms with Crippen LogP contribution in [0.15, 0.2) is 0 Å². The molecule has 0 aliphatic carbocycles. The smallest absolute Gasteiger partial charge is 0.302 e. The molecule has 0 aliphatic rings. The van der Waals surface area contributed by atoms with Gasteiger partial charge in [-0.3, -0.25) is 9.59 Å². The van der Waals surface area contributed by atoms with Crippen molar-refractivity contribution in [3.05, 3.63) is 0 Å². The van der Waals surface area contributed by atoms with Crippen molar-refractivity contribution in [2.24, 2.45) is 5.92 Å². The summed E-state index contributed by atoms with van der Waals surface area (Å²) in [7, 11) is 0.